The average Bonchev–Trinajstić information content (AvgIpc) is 2.69. The van der Waals surface area contributed by atoms with Crippen molar-refractivity contribution in [3.8, 4) is 5.75 Å². The third-order valence-corrected chi connectivity index (χ3v) is 7.04. The van der Waals surface area contributed by atoms with Crippen LogP contribution in [0.3, 0.4) is 0 Å². The zero-order valence-corrected chi connectivity index (χ0v) is 21.2. The van der Waals surface area contributed by atoms with Crippen molar-refractivity contribution in [1.82, 2.24) is 14.9 Å². The number of hydrogen-bond acceptors (Lipinski definition) is 4. The Labute approximate surface area is 196 Å². The standard InChI is InChI=1S/C19H31ClN4O3S.HI/c1-4-21-19(22-11-8-15-6-7-17(27-3)14-18(15)20)23-16-9-12-24(13-10-16)28(25,26)5-2;/h6-7,14,16H,4-5,8-13H2,1-3H3,(H2,21,22,23);1H. The van der Waals surface area contributed by atoms with Crippen molar-refractivity contribution >= 4 is 51.6 Å². The van der Waals surface area contributed by atoms with Gasteiger partial charge in [-0.3, -0.25) is 4.99 Å². The molecule has 0 radical (unpaired) electrons. The van der Waals surface area contributed by atoms with E-state index in [4.69, 9.17) is 16.3 Å². The van der Waals surface area contributed by atoms with Gasteiger partial charge in [0.2, 0.25) is 10.0 Å². The Morgan fingerprint density at radius 3 is 2.55 bits per heavy atom. The van der Waals surface area contributed by atoms with Gasteiger partial charge in [0.05, 0.1) is 12.9 Å². The van der Waals surface area contributed by atoms with Gasteiger partial charge in [0, 0.05) is 37.2 Å². The molecule has 0 aromatic heterocycles. The lowest BCUT2D eigenvalue weighted by Gasteiger charge is -2.32. The van der Waals surface area contributed by atoms with E-state index in [1.54, 1.807) is 18.3 Å². The minimum atomic E-state index is -3.10. The summed E-state index contributed by atoms with van der Waals surface area (Å²) >= 11 is 6.29. The van der Waals surface area contributed by atoms with Crippen LogP contribution in [0.4, 0.5) is 0 Å². The van der Waals surface area contributed by atoms with E-state index < -0.39 is 10.0 Å². The number of sulfonamides is 1. The normalized spacial score (nSPS) is 16.2. The first kappa shape index (κ1) is 26.3. The van der Waals surface area contributed by atoms with Gasteiger partial charge in [-0.2, -0.15) is 0 Å². The quantitative estimate of drug-likeness (QED) is 0.291. The van der Waals surface area contributed by atoms with Crippen molar-refractivity contribution in [3.63, 3.8) is 0 Å². The van der Waals surface area contributed by atoms with Gasteiger partial charge < -0.3 is 15.4 Å². The second-order valence-corrected chi connectivity index (χ2v) is 9.35. The van der Waals surface area contributed by atoms with Crippen LogP contribution in [0.25, 0.3) is 0 Å². The molecule has 2 N–H and O–H groups in total. The Kier molecular flexibility index (Phi) is 11.6. The van der Waals surface area contributed by atoms with Crippen LogP contribution < -0.4 is 15.4 Å². The smallest absolute Gasteiger partial charge is 0.213 e. The summed E-state index contributed by atoms with van der Waals surface area (Å²) in [6.07, 6.45) is 2.27. The van der Waals surface area contributed by atoms with E-state index in [2.05, 4.69) is 15.6 Å². The molecule has 1 aromatic rings. The van der Waals surface area contributed by atoms with Crippen molar-refractivity contribution in [1.29, 1.82) is 0 Å². The molecule has 1 fully saturated rings. The van der Waals surface area contributed by atoms with Gasteiger partial charge in [0.25, 0.3) is 0 Å². The van der Waals surface area contributed by atoms with Crippen molar-refractivity contribution in [2.75, 3.05) is 39.0 Å². The van der Waals surface area contributed by atoms with Crippen molar-refractivity contribution in [2.24, 2.45) is 4.99 Å². The largest absolute Gasteiger partial charge is 0.497 e. The van der Waals surface area contributed by atoms with E-state index in [9.17, 15) is 8.42 Å². The molecule has 29 heavy (non-hydrogen) atoms. The second-order valence-electron chi connectivity index (χ2n) is 6.69. The van der Waals surface area contributed by atoms with Crippen molar-refractivity contribution in [2.45, 2.75) is 39.2 Å². The molecule has 166 valence electrons. The molecule has 0 unspecified atom stereocenters. The van der Waals surface area contributed by atoms with E-state index in [-0.39, 0.29) is 35.8 Å². The number of nitrogens with one attached hydrogen (secondary N) is 2. The first-order valence-corrected chi connectivity index (χ1v) is 11.7. The van der Waals surface area contributed by atoms with Crippen LogP contribution in [0, 0.1) is 0 Å². The fourth-order valence-corrected chi connectivity index (χ4v) is 4.52. The number of nitrogens with zero attached hydrogens (tertiary/aromatic N) is 2. The number of methoxy groups -OCH3 is 1. The van der Waals surface area contributed by atoms with Gasteiger partial charge in [-0.15, -0.1) is 24.0 Å². The summed E-state index contributed by atoms with van der Waals surface area (Å²) in [6, 6.07) is 5.88. The summed E-state index contributed by atoms with van der Waals surface area (Å²) < 4.78 is 30.7. The zero-order chi connectivity index (χ0) is 20.6. The van der Waals surface area contributed by atoms with Gasteiger partial charge in [0.15, 0.2) is 5.96 Å². The van der Waals surface area contributed by atoms with Crippen LogP contribution in [-0.2, 0) is 16.4 Å². The number of hydrogen-bond donors (Lipinski definition) is 2. The predicted octanol–water partition coefficient (Wildman–Crippen LogP) is 2.88. The van der Waals surface area contributed by atoms with Crippen LogP contribution in [0.15, 0.2) is 23.2 Å². The number of ether oxygens (including phenoxy) is 1. The summed E-state index contributed by atoms with van der Waals surface area (Å²) in [5.74, 6) is 1.65. The highest BCUT2D eigenvalue weighted by atomic mass is 127. The Hall–Kier alpha value is -0.780. The third kappa shape index (κ3) is 8.10. The summed E-state index contributed by atoms with van der Waals surface area (Å²) in [5.41, 5.74) is 1.03. The highest BCUT2D eigenvalue weighted by Crippen LogP contribution is 2.22. The lowest BCUT2D eigenvalue weighted by Crippen LogP contribution is -2.50. The molecular formula is C19H32ClIN4O3S. The maximum absolute atomic E-state index is 12.0. The summed E-state index contributed by atoms with van der Waals surface area (Å²) in [4.78, 5) is 4.64. The fraction of sp³-hybridized carbons (Fsp3) is 0.632. The molecular weight excluding hydrogens is 527 g/mol. The molecule has 0 spiro atoms. The highest BCUT2D eigenvalue weighted by Gasteiger charge is 2.26. The number of benzene rings is 1. The van der Waals surface area contributed by atoms with Crippen LogP contribution in [-0.4, -0.2) is 63.8 Å². The lowest BCUT2D eigenvalue weighted by molar-refractivity contribution is 0.306. The molecule has 0 amide bonds. The second kappa shape index (κ2) is 12.8. The molecule has 1 aromatic carbocycles. The Balaban J connectivity index is 0.00000420. The van der Waals surface area contributed by atoms with Crippen LogP contribution in [0.5, 0.6) is 5.75 Å². The van der Waals surface area contributed by atoms with Crippen LogP contribution >= 0.6 is 35.6 Å². The molecule has 7 nitrogen and oxygen atoms in total. The Morgan fingerprint density at radius 2 is 2.00 bits per heavy atom. The number of aliphatic imine (C=N–C) groups is 1. The zero-order valence-electron chi connectivity index (χ0n) is 17.3. The fourth-order valence-electron chi connectivity index (χ4n) is 3.12. The molecule has 1 heterocycles. The molecule has 0 saturated carbocycles. The molecule has 0 aliphatic carbocycles. The maximum atomic E-state index is 12.0. The van der Waals surface area contributed by atoms with E-state index in [1.807, 2.05) is 25.1 Å². The summed E-state index contributed by atoms with van der Waals surface area (Å²) in [7, 11) is -1.48. The molecule has 1 aliphatic heterocycles. The topological polar surface area (TPSA) is 83.0 Å². The van der Waals surface area contributed by atoms with E-state index in [0.29, 0.717) is 24.7 Å². The molecule has 1 aliphatic rings. The minimum absolute atomic E-state index is 0. The average molecular weight is 559 g/mol. The van der Waals surface area contributed by atoms with Crippen molar-refractivity contribution in [3.05, 3.63) is 28.8 Å². The number of halogens is 2. The molecule has 0 bridgehead atoms. The summed E-state index contributed by atoms with van der Waals surface area (Å²) in [5, 5.41) is 7.36. The molecule has 0 atom stereocenters. The van der Waals surface area contributed by atoms with E-state index in [1.165, 1.54) is 0 Å². The number of piperidine rings is 1. The van der Waals surface area contributed by atoms with Gasteiger partial charge in [-0.25, -0.2) is 12.7 Å². The Morgan fingerprint density at radius 1 is 1.31 bits per heavy atom. The monoisotopic (exact) mass is 558 g/mol. The number of rotatable bonds is 8. The first-order chi connectivity index (χ1) is 13.4. The van der Waals surface area contributed by atoms with Gasteiger partial charge >= 0.3 is 0 Å². The lowest BCUT2D eigenvalue weighted by atomic mass is 10.1. The molecule has 10 heteroatoms. The van der Waals surface area contributed by atoms with Crippen molar-refractivity contribution < 1.29 is 13.2 Å². The van der Waals surface area contributed by atoms with E-state index in [0.717, 1.165) is 43.1 Å². The van der Waals surface area contributed by atoms with Gasteiger partial charge in [0.1, 0.15) is 5.75 Å². The summed E-state index contributed by atoms with van der Waals surface area (Å²) in [6.45, 7) is 6.17. The van der Waals surface area contributed by atoms with Gasteiger partial charge in [-0.1, -0.05) is 17.7 Å². The Bertz CT molecular complexity index is 769. The predicted molar refractivity (Wildman–Crippen MR) is 130 cm³/mol. The number of guanidine groups is 1. The maximum Gasteiger partial charge on any atom is 0.213 e. The first-order valence-electron chi connectivity index (χ1n) is 9.74. The molecule has 2 rings (SSSR count). The van der Waals surface area contributed by atoms with Crippen LogP contribution in [0.1, 0.15) is 32.3 Å². The third-order valence-electron chi connectivity index (χ3n) is 4.81. The SMILES string of the molecule is CCNC(=NCCc1ccc(OC)cc1Cl)NC1CCN(S(=O)(=O)CC)CC1.I. The minimum Gasteiger partial charge on any atom is -0.497 e. The van der Waals surface area contributed by atoms with Crippen LogP contribution in [0.2, 0.25) is 5.02 Å². The highest BCUT2D eigenvalue weighted by molar-refractivity contribution is 14.0. The molecule has 1 saturated heterocycles. The van der Waals surface area contributed by atoms with E-state index >= 15 is 0 Å². The van der Waals surface area contributed by atoms with Gasteiger partial charge in [-0.05, 0) is 50.8 Å².